The number of aryl methyl sites for hydroxylation is 1. The molecular formula is C16H17Cl2N3O3. The summed E-state index contributed by atoms with van der Waals surface area (Å²) in [4.78, 5) is 24.8. The molecule has 1 heterocycles. The van der Waals surface area contributed by atoms with Crippen LogP contribution in [0.4, 0.5) is 5.82 Å². The molecule has 0 aliphatic rings. The lowest BCUT2D eigenvalue weighted by Crippen LogP contribution is -2.47. The summed E-state index contributed by atoms with van der Waals surface area (Å²) < 4.78 is 4.90. The van der Waals surface area contributed by atoms with Crippen LogP contribution in [0.1, 0.15) is 30.0 Å². The highest BCUT2D eigenvalue weighted by molar-refractivity contribution is 6.42. The molecule has 24 heavy (non-hydrogen) atoms. The third-order valence-electron chi connectivity index (χ3n) is 3.30. The number of benzene rings is 1. The number of aromatic nitrogens is 1. The molecular weight excluding hydrogens is 353 g/mol. The molecule has 0 aliphatic carbocycles. The number of amides is 2. The van der Waals surface area contributed by atoms with Crippen molar-refractivity contribution >= 4 is 40.8 Å². The lowest BCUT2D eigenvalue weighted by Gasteiger charge is -2.21. The summed E-state index contributed by atoms with van der Waals surface area (Å²) in [5, 5.41) is 9.64. The molecule has 2 rings (SSSR count). The zero-order valence-electron chi connectivity index (χ0n) is 13.4. The Kier molecular flexibility index (Phi) is 5.85. The molecule has 1 aromatic carbocycles. The van der Waals surface area contributed by atoms with Gasteiger partial charge in [-0.3, -0.25) is 9.59 Å². The smallest absolute Gasteiger partial charge is 0.251 e. The van der Waals surface area contributed by atoms with Crippen LogP contribution >= 0.6 is 23.2 Å². The van der Waals surface area contributed by atoms with E-state index in [0.717, 1.165) is 0 Å². The predicted molar refractivity (Wildman–Crippen MR) is 92.4 cm³/mol. The standard InChI is InChI=1S/C16H17Cl2N3O3/c1-8(2)14(16(23)19-13-6-9(3)24-21-13)20-15(22)10-4-5-11(17)12(18)7-10/h4-8,14H,1-3H3,(H,20,22)(H,19,21,23)/t14-/m0/s1. The van der Waals surface area contributed by atoms with Gasteiger partial charge in [-0.15, -0.1) is 0 Å². The molecule has 2 amide bonds. The second-order valence-electron chi connectivity index (χ2n) is 5.64. The normalized spacial score (nSPS) is 12.1. The van der Waals surface area contributed by atoms with Gasteiger partial charge in [0.25, 0.3) is 5.91 Å². The molecule has 8 heteroatoms. The molecule has 128 valence electrons. The van der Waals surface area contributed by atoms with E-state index in [9.17, 15) is 9.59 Å². The van der Waals surface area contributed by atoms with Gasteiger partial charge in [-0.05, 0) is 31.0 Å². The lowest BCUT2D eigenvalue weighted by atomic mass is 10.0. The van der Waals surface area contributed by atoms with Crippen LogP contribution in [0.3, 0.4) is 0 Å². The average Bonchev–Trinajstić information content (AvgIpc) is 2.91. The van der Waals surface area contributed by atoms with E-state index in [4.69, 9.17) is 27.7 Å². The molecule has 0 saturated carbocycles. The van der Waals surface area contributed by atoms with E-state index in [1.54, 1.807) is 19.1 Å². The maximum absolute atomic E-state index is 12.4. The fourth-order valence-corrected chi connectivity index (χ4v) is 2.32. The number of halogens is 2. The third kappa shape index (κ3) is 4.49. The number of carbonyl (C=O) groups is 2. The summed E-state index contributed by atoms with van der Waals surface area (Å²) in [6.45, 7) is 5.37. The fourth-order valence-electron chi connectivity index (χ4n) is 2.03. The monoisotopic (exact) mass is 369 g/mol. The topological polar surface area (TPSA) is 84.2 Å². The lowest BCUT2D eigenvalue weighted by molar-refractivity contribution is -0.118. The molecule has 2 aromatic rings. The van der Waals surface area contributed by atoms with Gasteiger partial charge in [-0.25, -0.2) is 0 Å². The van der Waals surface area contributed by atoms with Crippen LogP contribution in [-0.4, -0.2) is 23.0 Å². The first-order valence-electron chi connectivity index (χ1n) is 7.28. The number of nitrogens with one attached hydrogen (secondary N) is 2. The summed E-state index contributed by atoms with van der Waals surface area (Å²) in [6, 6.07) is 5.37. The van der Waals surface area contributed by atoms with E-state index in [2.05, 4.69) is 15.8 Å². The molecule has 0 unspecified atom stereocenters. The molecule has 0 aliphatic heterocycles. The van der Waals surface area contributed by atoms with Crippen molar-refractivity contribution in [3.05, 3.63) is 45.6 Å². The minimum absolute atomic E-state index is 0.135. The largest absolute Gasteiger partial charge is 0.360 e. The van der Waals surface area contributed by atoms with Crippen molar-refractivity contribution < 1.29 is 14.1 Å². The van der Waals surface area contributed by atoms with Crippen molar-refractivity contribution in [3.63, 3.8) is 0 Å². The van der Waals surface area contributed by atoms with Gasteiger partial charge >= 0.3 is 0 Å². The maximum atomic E-state index is 12.4. The molecule has 6 nitrogen and oxygen atoms in total. The Balaban J connectivity index is 2.10. The van der Waals surface area contributed by atoms with Gasteiger partial charge in [0.2, 0.25) is 5.91 Å². The number of rotatable bonds is 5. The molecule has 0 spiro atoms. The zero-order valence-corrected chi connectivity index (χ0v) is 14.9. The predicted octanol–water partition coefficient (Wildman–Crippen LogP) is 3.68. The van der Waals surface area contributed by atoms with Gasteiger partial charge in [0.1, 0.15) is 11.8 Å². The fraction of sp³-hybridized carbons (Fsp3) is 0.312. The number of hydrogen-bond acceptors (Lipinski definition) is 4. The van der Waals surface area contributed by atoms with E-state index in [1.165, 1.54) is 12.1 Å². The van der Waals surface area contributed by atoms with Crippen LogP contribution in [0.2, 0.25) is 10.0 Å². The second kappa shape index (κ2) is 7.68. The molecule has 0 fully saturated rings. The Morgan fingerprint density at radius 3 is 2.42 bits per heavy atom. The van der Waals surface area contributed by atoms with Crippen LogP contribution in [0, 0.1) is 12.8 Å². The summed E-state index contributed by atoms with van der Waals surface area (Å²) in [6.07, 6.45) is 0. The average molecular weight is 370 g/mol. The van der Waals surface area contributed by atoms with E-state index in [0.29, 0.717) is 22.2 Å². The van der Waals surface area contributed by atoms with Crippen LogP contribution in [0.5, 0.6) is 0 Å². The SMILES string of the molecule is Cc1cc(NC(=O)[C@@H](NC(=O)c2ccc(Cl)c(Cl)c2)C(C)C)no1. The Hall–Kier alpha value is -2.05. The van der Waals surface area contributed by atoms with Crippen molar-refractivity contribution in [1.82, 2.24) is 10.5 Å². The highest BCUT2D eigenvalue weighted by atomic mass is 35.5. The van der Waals surface area contributed by atoms with Crippen molar-refractivity contribution in [1.29, 1.82) is 0 Å². The van der Waals surface area contributed by atoms with Gasteiger partial charge < -0.3 is 15.2 Å². The first-order valence-corrected chi connectivity index (χ1v) is 8.03. The highest BCUT2D eigenvalue weighted by Crippen LogP contribution is 2.22. The van der Waals surface area contributed by atoms with Gasteiger partial charge in [0, 0.05) is 11.6 Å². The van der Waals surface area contributed by atoms with E-state index < -0.39 is 11.9 Å². The number of anilines is 1. The summed E-state index contributed by atoms with van der Waals surface area (Å²) >= 11 is 11.8. The summed E-state index contributed by atoms with van der Waals surface area (Å²) in [5.74, 6) is -0.0617. The third-order valence-corrected chi connectivity index (χ3v) is 4.04. The maximum Gasteiger partial charge on any atom is 0.251 e. The Bertz CT molecular complexity index is 759. The minimum atomic E-state index is -0.746. The molecule has 0 saturated heterocycles. The zero-order chi connectivity index (χ0) is 17.9. The van der Waals surface area contributed by atoms with E-state index in [-0.39, 0.29) is 16.8 Å². The van der Waals surface area contributed by atoms with Crippen molar-refractivity contribution in [2.45, 2.75) is 26.8 Å². The molecule has 2 N–H and O–H groups in total. The van der Waals surface area contributed by atoms with Crippen molar-refractivity contribution in [2.75, 3.05) is 5.32 Å². The van der Waals surface area contributed by atoms with Crippen LogP contribution in [0.25, 0.3) is 0 Å². The Labute approximate surface area is 149 Å². The van der Waals surface area contributed by atoms with E-state index >= 15 is 0 Å². The number of hydrogen-bond donors (Lipinski definition) is 2. The number of nitrogens with zero attached hydrogens (tertiary/aromatic N) is 1. The van der Waals surface area contributed by atoms with Crippen molar-refractivity contribution in [3.8, 4) is 0 Å². The van der Waals surface area contributed by atoms with E-state index in [1.807, 2.05) is 13.8 Å². The molecule has 1 atom stereocenters. The van der Waals surface area contributed by atoms with Gasteiger partial charge in [-0.2, -0.15) is 0 Å². The van der Waals surface area contributed by atoms with Gasteiger partial charge in [-0.1, -0.05) is 42.2 Å². The van der Waals surface area contributed by atoms with Gasteiger partial charge in [0.15, 0.2) is 5.82 Å². The van der Waals surface area contributed by atoms with Crippen molar-refractivity contribution in [2.24, 2.45) is 5.92 Å². The van der Waals surface area contributed by atoms with Crippen LogP contribution < -0.4 is 10.6 Å². The first-order chi connectivity index (χ1) is 11.3. The Morgan fingerprint density at radius 2 is 1.88 bits per heavy atom. The Morgan fingerprint density at radius 1 is 1.17 bits per heavy atom. The summed E-state index contributed by atoms with van der Waals surface area (Å²) in [7, 11) is 0. The molecule has 0 radical (unpaired) electrons. The first kappa shape index (κ1) is 18.3. The number of carbonyl (C=O) groups excluding carboxylic acids is 2. The highest BCUT2D eigenvalue weighted by Gasteiger charge is 2.25. The molecule has 1 aromatic heterocycles. The minimum Gasteiger partial charge on any atom is -0.360 e. The quantitative estimate of drug-likeness (QED) is 0.841. The molecule has 0 bridgehead atoms. The van der Waals surface area contributed by atoms with Crippen LogP contribution in [0.15, 0.2) is 28.8 Å². The van der Waals surface area contributed by atoms with Crippen LogP contribution in [-0.2, 0) is 4.79 Å². The van der Waals surface area contributed by atoms with Gasteiger partial charge in [0.05, 0.1) is 10.0 Å². The summed E-state index contributed by atoms with van der Waals surface area (Å²) in [5.41, 5.74) is 0.320. The second-order valence-corrected chi connectivity index (χ2v) is 6.45.